The van der Waals surface area contributed by atoms with Crippen LogP contribution in [-0.2, 0) is 4.79 Å². The Hall–Kier alpha value is -1.55. The van der Waals surface area contributed by atoms with Crippen LogP contribution >= 0.6 is 0 Å². The smallest absolute Gasteiger partial charge is 0.305 e. The first kappa shape index (κ1) is 16.5. The summed E-state index contributed by atoms with van der Waals surface area (Å²) in [4.78, 5) is 12.8. The van der Waals surface area contributed by atoms with Gasteiger partial charge in [-0.05, 0) is 31.9 Å². The number of carbonyl (C=O) groups is 1. The number of hydrogen-bond donors (Lipinski definition) is 2. The lowest BCUT2D eigenvalue weighted by molar-refractivity contribution is -0.136. The van der Waals surface area contributed by atoms with Crippen molar-refractivity contribution in [2.45, 2.75) is 45.6 Å². The molecule has 0 atom stereocenters. The Kier molecular flexibility index (Phi) is 6.02. The standard InChI is InChI=1S/C16H25NO3/c1-4-16(20,5-2)12-17(11-10-15(18)19)14-8-6-13(3)7-9-14/h6-9,20H,4-5,10-12H2,1-3H3,(H,18,19). The van der Waals surface area contributed by atoms with Crippen LogP contribution in [0.2, 0.25) is 0 Å². The van der Waals surface area contributed by atoms with Crippen molar-refractivity contribution >= 4 is 11.7 Å². The lowest BCUT2D eigenvalue weighted by Crippen LogP contribution is -2.43. The van der Waals surface area contributed by atoms with Crippen LogP contribution in [0.4, 0.5) is 5.69 Å². The lowest BCUT2D eigenvalue weighted by Gasteiger charge is -2.34. The summed E-state index contributed by atoms with van der Waals surface area (Å²) in [5, 5.41) is 19.4. The molecule has 0 radical (unpaired) electrons. The quantitative estimate of drug-likeness (QED) is 0.768. The van der Waals surface area contributed by atoms with Gasteiger partial charge in [-0.1, -0.05) is 31.5 Å². The van der Waals surface area contributed by atoms with E-state index in [0.717, 1.165) is 11.3 Å². The van der Waals surface area contributed by atoms with E-state index in [-0.39, 0.29) is 6.42 Å². The maximum atomic E-state index is 10.8. The Morgan fingerprint density at radius 3 is 2.20 bits per heavy atom. The first-order valence-electron chi connectivity index (χ1n) is 7.16. The minimum Gasteiger partial charge on any atom is -0.481 e. The molecule has 1 aromatic rings. The molecular weight excluding hydrogens is 254 g/mol. The molecule has 0 aliphatic carbocycles. The van der Waals surface area contributed by atoms with Gasteiger partial charge in [0.25, 0.3) is 0 Å². The molecule has 4 heteroatoms. The van der Waals surface area contributed by atoms with Crippen molar-refractivity contribution in [3.8, 4) is 0 Å². The third-order valence-electron chi connectivity index (χ3n) is 3.80. The first-order valence-corrected chi connectivity index (χ1v) is 7.16. The van der Waals surface area contributed by atoms with Gasteiger partial charge < -0.3 is 15.1 Å². The van der Waals surface area contributed by atoms with Gasteiger partial charge in [0, 0.05) is 18.8 Å². The predicted molar refractivity (Wildman–Crippen MR) is 81.2 cm³/mol. The molecule has 0 bridgehead atoms. The Bertz CT molecular complexity index is 424. The Balaban J connectivity index is 2.89. The zero-order valence-electron chi connectivity index (χ0n) is 12.6. The zero-order chi connectivity index (χ0) is 15.2. The van der Waals surface area contributed by atoms with Crippen molar-refractivity contribution in [1.29, 1.82) is 0 Å². The molecule has 0 aromatic heterocycles. The highest BCUT2D eigenvalue weighted by Gasteiger charge is 2.26. The Labute approximate surface area is 121 Å². The molecule has 0 saturated carbocycles. The molecule has 112 valence electrons. The van der Waals surface area contributed by atoms with Crippen LogP contribution in [0.1, 0.15) is 38.7 Å². The molecule has 0 saturated heterocycles. The molecule has 4 nitrogen and oxygen atoms in total. The summed E-state index contributed by atoms with van der Waals surface area (Å²) < 4.78 is 0. The molecule has 0 heterocycles. The molecular formula is C16H25NO3. The number of anilines is 1. The second kappa shape index (κ2) is 7.29. The van der Waals surface area contributed by atoms with E-state index in [0.29, 0.717) is 25.9 Å². The van der Waals surface area contributed by atoms with Crippen molar-refractivity contribution in [3.05, 3.63) is 29.8 Å². The summed E-state index contributed by atoms with van der Waals surface area (Å²) in [6, 6.07) is 7.95. The average Bonchev–Trinajstić information content (AvgIpc) is 2.44. The number of rotatable bonds is 8. The average molecular weight is 279 g/mol. The number of hydrogen-bond acceptors (Lipinski definition) is 3. The van der Waals surface area contributed by atoms with Gasteiger partial charge in [-0.3, -0.25) is 4.79 Å². The van der Waals surface area contributed by atoms with E-state index in [2.05, 4.69) is 0 Å². The van der Waals surface area contributed by atoms with Gasteiger partial charge >= 0.3 is 5.97 Å². The summed E-state index contributed by atoms with van der Waals surface area (Å²) in [6.07, 6.45) is 1.37. The number of nitrogens with zero attached hydrogens (tertiary/aromatic N) is 1. The molecule has 1 rings (SSSR count). The Morgan fingerprint density at radius 1 is 1.20 bits per heavy atom. The summed E-state index contributed by atoms with van der Waals surface area (Å²) >= 11 is 0. The van der Waals surface area contributed by atoms with Crippen molar-refractivity contribution in [1.82, 2.24) is 0 Å². The Morgan fingerprint density at radius 2 is 1.75 bits per heavy atom. The van der Waals surface area contributed by atoms with E-state index < -0.39 is 11.6 Å². The molecule has 0 aliphatic heterocycles. The topological polar surface area (TPSA) is 60.8 Å². The highest BCUT2D eigenvalue weighted by atomic mass is 16.4. The van der Waals surface area contributed by atoms with Crippen LogP contribution in [-0.4, -0.2) is 34.9 Å². The number of aliphatic hydroxyl groups is 1. The van der Waals surface area contributed by atoms with Crippen LogP contribution < -0.4 is 4.90 Å². The SMILES string of the molecule is CCC(O)(CC)CN(CCC(=O)O)c1ccc(C)cc1. The monoisotopic (exact) mass is 279 g/mol. The molecule has 1 aromatic carbocycles. The van der Waals surface area contributed by atoms with Gasteiger partial charge in [-0.2, -0.15) is 0 Å². The van der Waals surface area contributed by atoms with E-state index in [9.17, 15) is 9.90 Å². The van der Waals surface area contributed by atoms with Crippen LogP contribution in [0.5, 0.6) is 0 Å². The third kappa shape index (κ3) is 4.85. The lowest BCUT2D eigenvalue weighted by atomic mass is 9.96. The van der Waals surface area contributed by atoms with E-state index in [1.165, 1.54) is 0 Å². The second-order valence-corrected chi connectivity index (χ2v) is 5.33. The molecule has 2 N–H and O–H groups in total. The van der Waals surface area contributed by atoms with Crippen LogP contribution in [0.15, 0.2) is 24.3 Å². The summed E-state index contributed by atoms with van der Waals surface area (Å²) in [5.41, 5.74) is 1.34. The van der Waals surface area contributed by atoms with Gasteiger partial charge in [0.2, 0.25) is 0 Å². The van der Waals surface area contributed by atoms with E-state index in [4.69, 9.17) is 5.11 Å². The summed E-state index contributed by atoms with van der Waals surface area (Å²) in [6.45, 7) is 6.78. The number of carboxylic acids is 1. The minimum atomic E-state index is -0.821. The van der Waals surface area contributed by atoms with E-state index in [1.54, 1.807) is 0 Å². The second-order valence-electron chi connectivity index (χ2n) is 5.33. The summed E-state index contributed by atoms with van der Waals surface area (Å²) in [7, 11) is 0. The highest BCUT2D eigenvalue weighted by Crippen LogP contribution is 2.22. The van der Waals surface area contributed by atoms with Gasteiger partial charge in [-0.25, -0.2) is 0 Å². The number of aliphatic carboxylic acids is 1. The van der Waals surface area contributed by atoms with Crippen LogP contribution in [0.3, 0.4) is 0 Å². The van der Waals surface area contributed by atoms with E-state index in [1.807, 2.05) is 49.9 Å². The molecule has 0 spiro atoms. The van der Waals surface area contributed by atoms with E-state index >= 15 is 0 Å². The highest BCUT2D eigenvalue weighted by molar-refractivity contribution is 5.67. The van der Waals surface area contributed by atoms with Crippen molar-refractivity contribution < 1.29 is 15.0 Å². The first-order chi connectivity index (χ1) is 9.40. The van der Waals surface area contributed by atoms with Crippen molar-refractivity contribution in [2.24, 2.45) is 0 Å². The van der Waals surface area contributed by atoms with Crippen LogP contribution in [0.25, 0.3) is 0 Å². The number of aryl methyl sites for hydroxylation is 1. The zero-order valence-corrected chi connectivity index (χ0v) is 12.6. The predicted octanol–water partition coefficient (Wildman–Crippen LogP) is 2.83. The fraction of sp³-hybridized carbons (Fsp3) is 0.562. The van der Waals surface area contributed by atoms with Gasteiger partial charge in [0.15, 0.2) is 0 Å². The fourth-order valence-corrected chi connectivity index (χ4v) is 2.11. The third-order valence-corrected chi connectivity index (χ3v) is 3.80. The molecule has 20 heavy (non-hydrogen) atoms. The minimum absolute atomic E-state index is 0.0669. The van der Waals surface area contributed by atoms with Crippen LogP contribution in [0, 0.1) is 6.92 Å². The maximum absolute atomic E-state index is 10.8. The number of carboxylic acid groups (broad SMARTS) is 1. The fourth-order valence-electron chi connectivity index (χ4n) is 2.11. The van der Waals surface area contributed by atoms with Crippen molar-refractivity contribution in [3.63, 3.8) is 0 Å². The summed E-state index contributed by atoms with van der Waals surface area (Å²) in [5.74, 6) is -0.821. The molecule has 0 unspecified atom stereocenters. The number of benzene rings is 1. The van der Waals surface area contributed by atoms with Crippen molar-refractivity contribution in [2.75, 3.05) is 18.0 Å². The van der Waals surface area contributed by atoms with Gasteiger partial charge in [0.05, 0.1) is 12.0 Å². The van der Waals surface area contributed by atoms with Gasteiger partial charge in [0.1, 0.15) is 0 Å². The van der Waals surface area contributed by atoms with Gasteiger partial charge in [-0.15, -0.1) is 0 Å². The largest absolute Gasteiger partial charge is 0.481 e. The maximum Gasteiger partial charge on any atom is 0.305 e. The normalized spacial score (nSPS) is 11.4. The molecule has 0 aliphatic rings. The molecule has 0 amide bonds. The molecule has 0 fully saturated rings.